The van der Waals surface area contributed by atoms with Gasteiger partial charge in [-0.05, 0) is 57.5 Å². The Morgan fingerprint density at radius 1 is 1.30 bits per heavy atom. The van der Waals surface area contributed by atoms with Crippen molar-refractivity contribution >= 4 is 17.4 Å². The molecule has 120 valence electrons. The van der Waals surface area contributed by atoms with Crippen LogP contribution in [0, 0.1) is 6.92 Å². The molecule has 0 radical (unpaired) electrons. The van der Waals surface area contributed by atoms with Gasteiger partial charge in [-0.15, -0.1) is 0 Å². The van der Waals surface area contributed by atoms with Crippen LogP contribution < -0.4 is 4.90 Å². The molecule has 0 saturated heterocycles. The van der Waals surface area contributed by atoms with Crippen LogP contribution in [-0.2, 0) is 4.79 Å². The van der Waals surface area contributed by atoms with Gasteiger partial charge in [0.2, 0.25) is 5.91 Å². The van der Waals surface area contributed by atoms with E-state index in [9.17, 15) is 4.79 Å². The second kappa shape index (κ2) is 5.26. The first kappa shape index (κ1) is 15.3. The summed E-state index contributed by atoms with van der Waals surface area (Å²) in [5, 5.41) is 0. The zero-order valence-corrected chi connectivity index (χ0v) is 14.1. The highest BCUT2D eigenvalue weighted by atomic mass is 16.3. The van der Waals surface area contributed by atoms with Crippen LogP contribution in [0.5, 0.6) is 0 Å². The summed E-state index contributed by atoms with van der Waals surface area (Å²) in [6.45, 7) is 9.62. The third kappa shape index (κ3) is 2.63. The lowest BCUT2D eigenvalue weighted by Gasteiger charge is -2.34. The quantitative estimate of drug-likeness (QED) is 0.717. The van der Waals surface area contributed by atoms with Crippen LogP contribution in [0.2, 0.25) is 0 Å². The maximum atomic E-state index is 12.4. The van der Waals surface area contributed by atoms with Gasteiger partial charge in [0.15, 0.2) is 11.6 Å². The van der Waals surface area contributed by atoms with Crippen molar-refractivity contribution in [3.63, 3.8) is 0 Å². The molecule has 5 heteroatoms. The van der Waals surface area contributed by atoms with Gasteiger partial charge in [0.25, 0.3) is 0 Å². The number of carbonyl (C=O) groups excluding carboxylic acids is 1. The highest BCUT2D eigenvalue weighted by molar-refractivity contribution is 5.96. The van der Waals surface area contributed by atoms with Gasteiger partial charge in [0.05, 0.1) is 6.26 Å². The molecule has 0 atom stereocenters. The molecule has 0 aromatic carbocycles. The average Bonchev–Trinajstić information content (AvgIpc) is 3.04. The topological polar surface area (TPSA) is 50.8 Å². The molecule has 3 rings (SSSR count). The fraction of sp³-hybridized carbons (Fsp3) is 0.333. The van der Waals surface area contributed by atoms with E-state index in [0.717, 1.165) is 17.0 Å². The number of anilines is 1. The molecule has 3 heterocycles. The highest BCUT2D eigenvalue weighted by Gasteiger charge is 2.32. The summed E-state index contributed by atoms with van der Waals surface area (Å²) >= 11 is 0. The maximum Gasteiger partial charge on any atom is 0.225 e. The largest absolute Gasteiger partial charge is 0.463 e. The summed E-state index contributed by atoms with van der Waals surface area (Å²) in [7, 11) is 0. The van der Waals surface area contributed by atoms with Crippen LogP contribution in [0.3, 0.4) is 0 Å². The first-order valence-corrected chi connectivity index (χ1v) is 7.62. The number of hydrogen-bond donors (Lipinski definition) is 0. The van der Waals surface area contributed by atoms with E-state index < -0.39 is 0 Å². The Morgan fingerprint density at radius 2 is 2.04 bits per heavy atom. The Bertz CT molecular complexity index is 854. The summed E-state index contributed by atoms with van der Waals surface area (Å²) in [5.41, 5.74) is 2.20. The van der Waals surface area contributed by atoms with Crippen molar-refractivity contribution in [3.8, 4) is 11.5 Å². The van der Waals surface area contributed by atoms with Crippen LogP contribution in [0.1, 0.15) is 33.3 Å². The molecule has 5 nitrogen and oxygen atoms in total. The Kier molecular flexibility index (Phi) is 3.51. The smallest absolute Gasteiger partial charge is 0.225 e. The number of hydrogen-bond acceptors (Lipinski definition) is 3. The summed E-state index contributed by atoms with van der Waals surface area (Å²) in [4.78, 5) is 18.8. The number of carbonyl (C=O) groups is 1. The fourth-order valence-electron chi connectivity index (χ4n) is 2.87. The molecule has 0 bridgehead atoms. The number of nitrogens with zero attached hydrogens (tertiary/aromatic N) is 3. The lowest BCUT2D eigenvalue weighted by molar-refractivity contribution is -0.117. The van der Waals surface area contributed by atoms with Gasteiger partial charge in [-0.3, -0.25) is 14.1 Å². The van der Waals surface area contributed by atoms with Crippen molar-refractivity contribution in [2.24, 2.45) is 0 Å². The van der Waals surface area contributed by atoms with Gasteiger partial charge in [-0.25, -0.2) is 4.98 Å². The molecule has 3 aromatic rings. The van der Waals surface area contributed by atoms with Crippen LogP contribution in [0.25, 0.3) is 17.1 Å². The molecule has 0 aliphatic heterocycles. The van der Waals surface area contributed by atoms with Crippen molar-refractivity contribution in [1.29, 1.82) is 0 Å². The highest BCUT2D eigenvalue weighted by Crippen LogP contribution is 2.35. The Hall–Kier alpha value is -2.56. The first-order valence-electron chi connectivity index (χ1n) is 7.62. The minimum Gasteiger partial charge on any atom is -0.463 e. The van der Waals surface area contributed by atoms with Crippen molar-refractivity contribution in [3.05, 3.63) is 42.3 Å². The number of rotatable bonds is 2. The second-order valence-electron chi connectivity index (χ2n) is 6.72. The molecule has 3 aromatic heterocycles. The van der Waals surface area contributed by atoms with Gasteiger partial charge in [-0.2, -0.15) is 0 Å². The van der Waals surface area contributed by atoms with Crippen molar-refractivity contribution < 1.29 is 9.21 Å². The zero-order chi connectivity index (χ0) is 16.8. The van der Waals surface area contributed by atoms with Crippen molar-refractivity contribution in [2.75, 3.05) is 4.90 Å². The number of pyridine rings is 1. The Morgan fingerprint density at radius 3 is 2.61 bits per heavy atom. The maximum absolute atomic E-state index is 12.4. The molecule has 0 spiro atoms. The molecule has 0 fully saturated rings. The SMILES string of the molecule is CC(=O)N(c1c(-c2ccco2)nc2cc(C)ccn12)C(C)(C)C. The van der Waals surface area contributed by atoms with Crippen LogP contribution in [0.4, 0.5) is 5.82 Å². The van der Waals surface area contributed by atoms with Crippen LogP contribution in [-0.4, -0.2) is 20.8 Å². The summed E-state index contributed by atoms with van der Waals surface area (Å²) in [6.07, 6.45) is 3.56. The van der Waals surface area contributed by atoms with E-state index in [2.05, 4.69) is 0 Å². The predicted molar refractivity (Wildman–Crippen MR) is 90.5 cm³/mol. The van der Waals surface area contributed by atoms with Gasteiger partial charge in [-0.1, -0.05) is 0 Å². The first-order chi connectivity index (χ1) is 10.8. The van der Waals surface area contributed by atoms with Crippen molar-refractivity contribution in [1.82, 2.24) is 9.38 Å². The monoisotopic (exact) mass is 311 g/mol. The van der Waals surface area contributed by atoms with E-state index in [1.807, 2.05) is 62.6 Å². The van der Waals surface area contributed by atoms with Crippen molar-refractivity contribution in [2.45, 2.75) is 40.2 Å². The molecule has 0 aliphatic carbocycles. The summed E-state index contributed by atoms with van der Waals surface area (Å²) < 4.78 is 7.49. The van der Waals surface area contributed by atoms with E-state index in [1.165, 1.54) is 0 Å². The minimum absolute atomic E-state index is 0.0346. The summed E-state index contributed by atoms with van der Waals surface area (Å²) in [5.74, 6) is 1.35. The van der Waals surface area contributed by atoms with E-state index in [-0.39, 0.29) is 11.4 Å². The standard InChI is InChI=1S/C18H21N3O2/c1-12-8-9-20-15(11-12)19-16(14-7-6-10-23-14)17(20)21(13(2)22)18(3,4)5/h6-11H,1-5H3. The van der Waals surface area contributed by atoms with Gasteiger partial charge in [0, 0.05) is 18.7 Å². The van der Waals surface area contributed by atoms with Crippen LogP contribution >= 0.6 is 0 Å². The zero-order valence-electron chi connectivity index (χ0n) is 14.1. The fourth-order valence-corrected chi connectivity index (χ4v) is 2.87. The Balaban J connectivity index is 2.37. The molecule has 1 amide bonds. The molecule has 0 N–H and O–H groups in total. The molecule has 0 aliphatic rings. The molecular formula is C18H21N3O2. The number of aromatic nitrogens is 2. The third-order valence-corrected chi connectivity index (χ3v) is 3.71. The Labute approximate surface area is 135 Å². The molecule has 23 heavy (non-hydrogen) atoms. The molecular weight excluding hydrogens is 290 g/mol. The van der Waals surface area contributed by atoms with Gasteiger partial charge >= 0.3 is 0 Å². The van der Waals surface area contributed by atoms with E-state index in [0.29, 0.717) is 11.5 Å². The molecule has 0 unspecified atom stereocenters. The van der Waals surface area contributed by atoms with E-state index >= 15 is 0 Å². The normalized spacial score (nSPS) is 11.9. The number of imidazole rings is 1. The van der Waals surface area contributed by atoms with Gasteiger partial charge in [0.1, 0.15) is 11.3 Å². The van der Waals surface area contributed by atoms with Crippen LogP contribution in [0.15, 0.2) is 41.1 Å². The van der Waals surface area contributed by atoms with E-state index in [1.54, 1.807) is 18.1 Å². The second-order valence-corrected chi connectivity index (χ2v) is 6.72. The number of furan rings is 1. The minimum atomic E-state index is -0.381. The number of aryl methyl sites for hydroxylation is 1. The average molecular weight is 311 g/mol. The van der Waals surface area contributed by atoms with E-state index in [4.69, 9.17) is 9.40 Å². The lowest BCUT2D eigenvalue weighted by Crippen LogP contribution is -2.45. The predicted octanol–water partition coefficient (Wildman–Crippen LogP) is 4.05. The van der Waals surface area contributed by atoms with Gasteiger partial charge < -0.3 is 4.42 Å². The number of fused-ring (bicyclic) bond motifs is 1. The third-order valence-electron chi connectivity index (χ3n) is 3.71. The number of amides is 1. The summed E-state index contributed by atoms with van der Waals surface area (Å²) in [6, 6.07) is 7.69. The lowest BCUT2D eigenvalue weighted by atomic mass is 10.1. The molecule has 0 saturated carbocycles.